The van der Waals surface area contributed by atoms with Crippen LogP contribution in [0.25, 0.3) is 0 Å². The van der Waals surface area contributed by atoms with E-state index in [0.717, 1.165) is 17.5 Å². The highest BCUT2D eigenvalue weighted by Crippen LogP contribution is 2.20. The molecule has 0 bridgehead atoms. The van der Waals surface area contributed by atoms with Crippen molar-refractivity contribution in [2.75, 3.05) is 26.0 Å². The van der Waals surface area contributed by atoms with Gasteiger partial charge in [-0.25, -0.2) is 0 Å². The number of hydrogen-bond acceptors (Lipinski definition) is 3. The third-order valence-electron chi connectivity index (χ3n) is 2.94. The molecule has 1 aliphatic heterocycles. The van der Waals surface area contributed by atoms with E-state index in [2.05, 4.69) is 15.9 Å². The van der Waals surface area contributed by atoms with E-state index in [4.69, 9.17) is 10.5 Å². The minimum atomic E-state index is -0.0199. The van der Waals surface area contributed by atoms with Crippen LogP contribution >= 0.6 is 15.9 Å². The smallest absolute Gasteiger partial charge is 0.254 e. The summed E-state index contributed by atoms with van der Waals surface area (Å²) in [6, 6.07) is 5.42. The van der Waals surface area contributed by atoms with Crippen LogP contribution in [-0.4, -0.2) is 37.1 Å². The lowest BCUT2D eigenvalue weighted by molar-refractivity contribution is 0.0711. The summed E-state index contributed by atoms with van der Waals surface area (Å²) >= 11 is 3.34. The highest BCUT2D eigenvalue weighted by atomic mass is 79.9. The molecule has 0 aliphatic carbocycles. The number of carbonyl (C=O) groups excluding carboxylic acids is 1. The maximum absolute atomic E-state index is 12.2. The lowest BCUT2D eigenvalue weighted by atomic mass is 10.1. The van der Waals surface area contributed by atoms with Gasteiger partial charge in [0.15, 0.2) is 0 Å². The van der Waals surface area contributed by atoms with Crippen LogP contribution in [0.2, 0.25) is 0 Å². The van der Waals surface area contributed by atoms with Gasteiger partial charge in [-0.1, -0.05) is 15.9 Å². The van der Waals surface area contributed by atoms with E-state index in [0.29, 0.717) is 17.9 Å². The summed E-state index contributed by atoms with van der Waals surface area (Å²) < 4.78 is 6.10. The molecule has 92 valence electrons. The normalized spacial score (nSPS) is 19.3. The van der Waals surface area contributed by atoms with Gasteiger partial charge >= 0.3 is 0 Å². The monoisotopic (exact) mass is 298 g/mol. The van der Waals surface area contributed by atoms with Gasteiger partial charge < -0.3 is 15.4 Å². The largest absolute Gasteiger partial charge is 0.399 e. The maximum Gasteiger partial charge on any atom is 0.254 e. The fourth-order valence-electron chi connectivity index (χ4n) is 1.93. The van der Waals surface area contributed by atoms with E-state index in [9.17, 15) is 4.79 Å². The number of ether oxygens (including phenoxy) is 1. The van der Waals surface area contributed by atoms with Crippen LogP contribution in [-0.2, 0) is 4.74 Å². The zero-order valence-corrected chi connectivity index (χ0v) is 11.2. The first-order valence-corrected chi connectivity index (χ1v) is 6.28. The van der Waals surface area contributed by atoms with Crippen molar-refractivity contribution in [1.29, 1.82) is 0 Å². The Bertz CT molecular complexity index is 410. The molecular formula is C12H15BrN2O2. The third-order valence-corrected chi connectivity index (χ3v) is 3.40. The summed E-state index contributed by atoms with van der Waals surface area (Å²) in [4.78, 5) is 14.0. The molecule has 0 aromatic heterocycles. The summed E-state index contributed by atoms with van der Waals surface area (Å²) in [7, 11) is 1.80. The molecule has 1 atom stereocenters. The Morgan fingerprint density at radius 1 is 1.53 bits per heavy atom. The predicted octanol–water partition coefficient (Wildman–Crippen LogP) is 1.89. The number of nitrogen functional groups attached to an aromatic ring is 1. The Balaban J connectivity index is 2.17. The van der Waals surface area contributed by atoms with Crippen molar-refractivity contribution in [3.63, 3.8) is 0 Å². The first kappa shape index (κ1) is 12.4. The quantitative estimate of drug-likeness (QED) is 0.849. The van der Waals surface area contributed by atoms with E-state index in [1.54, 1.807) is 30.1 Å². The van der Waals surface area contributed by atoms with E-state index in [1.165, 1.54) is 0 Å². The van der Waals surface area contributed by atoms with Crippen molar-refractivity contribution in [2.45, 2.75) is 12.5 Å². The van der Waals surface area contributed by atoms with Gasteiger partial charge in [0.25, 0.3) is 5.91 Å². The van der Waals surface area contributed by atoms with E-state index < -0.39 is 0 Å². The second-order valence-corrected chi connectivity index (χ2v) is 5.12. The van der Waals surface area contributed by atoms with Crippen molar-refractivity contribution in [1.82, 2.24) is 4.90 Å². The van der Waals surface area contributed by atoms with Gasteiger partial charge in [-0.05, 0) is 24.6 Å². The van der Waals surface area contributed by atoms with Crippen LogP contribution in [0.4, 0.5) is 5.69 Å². The molecule has 17 heavy (non-hydrogen) atoms. The number of likely N-dealkylation sites (N-methyl/N-ethyl adjacent to an activating group) is 1. The summed E-state index contributed by atoms with van der Waals surface area (Å²) in [5.41, 5.74) is 6.91. The zero-order valence-electron chi connectivity index (χ0n) is 9.65. The molecule has 1 unspecified atom stereocenters. The van der Waals surface area contributed by atoms with Crippen LogP contribution in [0.1, 0.15) is 16.8 Å². The highest BCUT2D eigenvalue weighted by Gasteiger charge is 2.25. The van der Waals surface area contributed by atoms with Crippen LogP contribution in [0, 0.1) is 0 Å². The lowest BCUT2D eigenvalue weighted by Crippen LogP contribution is -2.37. The zero-order chi connectivity index (χ0) is 12.4. The lowest BCUT2D eigenvalue weighted by Gasteiger charge is -2.23. The Morgan fingerprint density at radius 2 is 2.29 bits per heavy atom. The third kappa shape index (κ3) is 2.79. The van der Waals surface area contributed by atoms with Crippen molar-refractivity contribution in [3.8, 4) is 0 Å². The van der Waals surface area contributed by atoms with Crippen molar-refractivity contribution >= 4 is 27.5 Å². The summed E-state index contributed by atoms with van der Waals surface area (Å²) in [5, 5.41) is 0. The minimum Gasteiger partial charge on any atom is -0.399 e. The van der Waals surface area contributed by atoms with Gasteiger partial charge in [-0.2, -0.15) is 0 Å². The number of nitrogens with two attached hydrogens (primary N) is 1. The number of nitrogens with zero attached hydrogens (tertiary/aromatic N) is 1. The fraction of sp³-hybridized carbons (Fsp3) is 0.417. The number of halogens is 1. The molecule has 2 N–H and O–H groups in total. The molecule has 1 aromatic rings. The van der Waals surface area contributed by atoms with Gasteiger partial charge in [-0.15, -0.1) is 0 Å². The molecule has 1 heterocycles. The topological polar surface area (TPSA) is 55.6 Å². The van der Waals surface area contributed by atoms with E-state index in [-0.39, 0.29) is 11.9 Å². The number of hydrogen-bond donors (Lipinski definition) is 1. The van der Waals surface area contributed by atoms with Gasteiger partial charge in [0, 0.05) is 29.4 Å². The molecule has 5 heteroatoms. The van der Waals surface area contributed by atoms with Crippen LogP contribution in [0.5, 0.6) is 0 Å². The van der Waals surface area contributed by atoms with Crippen LogP contribution < -0.4 is 5.73 Å². The summed E-state index contributed by atoms with van der Waals surface area (Å²) in [6.07, 6.45) is 0.895. The number of amides is 1. The molecule has 1 aliphatic rings. The molecule has 2 rings (SSSR count). The van der Waals surface area contributed by atoms with E-state index >= 15 is 0 Å². The van der Waals surface area contributed by atoms with Gasteiger partial charge in [0.1, 0.15) is 0 Å². The van der Waals surface area contributed by atoms with Crippen molar-refractivity contribution < 1.29 is 9.53 Å². The Labute approximate surface area is 109 Å². The number of benzene rings is 1. The number of rotatable bonds is 2. The standard InChI is InChI=1S/C12H15BrN2O2/c1-15(11-2-3-17-7-11)12(16)8-4-9(13)6-10(14)5-8/h4-6,11H,2-3,7,14H2,1H3. The van der Waals surface area contributed by atoms with Crippen LogP contribution in [0.15, 0.2) is 22.7 Å². The Hall–Kier alpha value is -1.07. The first-order chi connectivity index (χ1) is 8.08. The second-order valence-electron chi connectivity index (χ2n) is 4.21. The van der Waals surface area contributed by atoms with Gasteiger partial charge in [0.05, 0.1) is 12.6 Å². The first-order valence-electron chi connectivity index (χ1n) is 5.49. The average molecular weight is 299 g/mol. The van der Waals surface area contributed by atoms with Gasteiger partial charge in [-0.3, -0.25) is 4.79 Å². The van der Waals surface area contributed by atoms with Crippen molar-refractivity contribution in [2.24, 2.45) is 0 Å². The van der Waals surface area contributed by atoms with Crippen LogP contribution in [0.3, 0.4) is 0 Å². The van der Waals surface area contributed by atoms with Gasteiger partial charge in [0.2, 0.25) is 0 Å². The molecule has 1 aromatic carbocycles. The summed E-state index contributed by atoms with van der Waals surface area (Å²) in [6.45, 7) is 1.34. The molecule has 1 fully saturated rings. The SMILES string of the molecule is CN(C(=O)c1cc(N)cc(Br)c1)C1CCOC1. The fourth-order valence-corrected chi connectivity index (χ4v) is 2.44. The predicted molar refractivity (Wildman–Crippen MR) is 69.9 cm³/mol. The molecule has 4 nitrogen and oxygen atoms in total. The number of carbonyl (C=O) groups is 1. The molecule has 0 spiro atoms. The van der Waals surface area contributed by atoms with Crippen molar-refractivity contribution in [3.05, 3.63) is 28.2 Å². The highest BCUT2D eigenvalue weighted by molar-refractivity contribution is 9.10. The molecule has 1 amide bonds. The Morgan fingerprint density at radius 3 is 2.88 bits per heavy atom. The summed E-state index contributed by atoms with van der Waals surface area (Å²) in [5.74, 6) is -0.0199. The Kier molecular flexibility index (Phi) is 3.69. The molecule has 1 saturated heterocycles. The number of anilines is 1. The maximum atomic E-state index is 12.2. The molecule has 0 radical (unpaired) electrons. The molecular weight excluding hydrogens is 284 g/mol. The molecule has 0 saturated carbocycles. The minimum absolute atomic E-state index is 0.0199. The van der Waals surface area contributed by atoms with E-state index in [1.807, 2.05) is 0 Å². The second kappa shape index (κ2) is 5.06. The average Bonchev–Trinajstić information content (AvgIpc) is 2.79.